The van der Waals surface area contributed by atoms with Crippen LogP contribution in [0.2, 0.25) is 5.02 Å². The minimum atomic E-state index is -0.852. The molecule has 0 aliphatic carbocycles. The molecule has 5 nitrogen and oxygen atoms in total. The van der Waals surface area contributed by atoms with Gasteiger partial charge in [0.05, 0.1) is 16.6 Å². The summed E-state index contributed by atoms with van der Waals surface area (Å²) in [6, 6.07) is 6.64. The summed E-state index contributed by atoms with van der Waals surface area (Å²) in [7, 11) is 0. The van der Waals surface area contributed by atoms with Gasteiger partial charge in [-0.25, -0.2) is 4.79 Å². The normalized spacial score (nSPS) is 19.0. The van der Waals surface area contributed by atoms with E-state index in [0.29, 0.717) is 30.1 Å². The van der Waals surface area contributed by atoms with Gasteiger partial charge in [0.2, 0.25) is 0 Å². The van der Waals surface area contributed by atoms with Gasteiger partial charge in [0.1, 0.15) is 0 Å². The Morgan fingerprint density at radius 2 is 2.11 bits per heavy atom. The van der Waals surface area contributed by atoms with E-state index >= 15 is 0 Å². The lowest BCUT2D eigenvalue weighted by molar-refractivity contribution is -0.143. The maximum atomic E-state index is 12.1. The minimum absolute atomic E-state index is 0.242. The van der Waals surface area contributed by atoms with Crippen LogP contribution in [-0.4, -0.2) is 35.1 Å². The van der Waals surface area contributed by atoms with Gasteiger partial charge in [0.25, 0.3) is 0 Å². The number of likely N-dealkylation sites (tertiary alicyclic amines) is 1. The fourth-order valence-electron chi connectivity index (χ4n) is 2.12. The van der Waals surface area contributed by atoms with Crippen molar-refractivity contribution in [1.82, 2.24) is 4.90 Å². The summed E-state index contributed by atoms with van der Waals surface area (Å²) in [6.07, 6.45) is 1.32. The number of rotatable bonds is 2. The molecule has 0 bridgehead atoms. The number of urea groups is 1. The molecule has 1 heterocycles. The highest BCUT2D eigenvalue weighted by molar-refractivity contribution is 6.33. The van der Waals surface area contributed by atoms with Gasteiger partial charge in [-0.1, -0.05) is 23.7 Å². The molecule has 0 spiro atoms. The smallest absolute Gasteiger partial charge is 0.321 e. The fourth-order valence-corrected chi connectivity index (χ4v) is 2.30. The first-order valence-electron chi connectivity index (χ1n) is 6.11. The number of carboxylic acids is 1. The van der Waals surface area contributed by atoms with Crippen molar-refractivity contribution in [2.45, 2.75) is 12.8 Å². The Kier molecular flexibility index (Phi) is 4.27. The lowest BCUT2D eigenvalue weighted by atomic mass is 9.99. The first kappa shape index (κ1) is 13.7. The monoisotopic (exact) mass is 282 g/mol. The highest BCUT2D eigenvalue weighted by Gasteiger charge is 2.28. The predicted molar refractivity (Wildman–Crippen MR) is 72.4 cm³/mol. The van der Waals surface area contributed by atoms with Gasteiger partial charge in [-0.15, -0.1) is 0 Å². The molecule has 1 aromatic rings. The van der Waals surface area contributed by atoms with Crippen molar-refractivity contribution in [1.29, 1.82) is 0 Å². The molecule has 1 aliphatic heterocycles. The van der Waals surface area contributed by atoms with E-state index in [1.165, 1.54) is 4.90 Å². The summed E-state index contributed by atoms with van der Waals surface area (Å²) < 4.78 is 0. The van der Waals surface area contributed by atoms with E-state index in [1.54, 1.807) is 24.3 Å². The van der Waals surface area contributed by atoms with Crippen LogP contribution in [0.5, 0.6) is 0 Å². The van der Waals surface area contributed by atoms with Gasteiger partial charge in [-0.05, 0) is 25.0 Å². The SMILES string of the molecule is O=C(O)[C@H]1CCCN(C(=O)Nc2ccccc2Cl)C1. The Bertz CT molecular complexity index is 493. The summed E-state index contributed by atoms with van der Waals surface area (Å²) in [4.78, 5) is 24.5. The van der Waals surface area contributed by atoms with E-state index in [0.717, 1.165) is 0 Å². The van der Waals surface area contributed by atoms with Crippen molar-refractivity contribution < 1.29 is 14.7 Å². The van der Waals surface area contributed by atoms with Crippen LogP contribution in [0.4, 0.5) is 10.5 Å². The number of anilines is 1. The van der Waals surface area contributed by atoms with Gasteiger partial charge in [0.15, 0.2) is 0 Å². The maximum Gasteiger partial charge on any atom is 0.321 e. The predicted octanol–water partition coefficient (Wildman–Crippen LogP) is 2.67. The Labute approximate surface area is 116 Å². The van der Waals surface area contributed by atoms with Crippen molar-refractivity contribution in [3.05, 3.63) is 29.3 Å². The highest BCUT2D eigenvalue weighted by atomic mass is 35.5. The van der Waals surface area contributed by atoms with Crippen LogP contribution in [0, 0.1) is 5.92 Å². The molecule has 1 aliphatic rings. The van der Waals surface area contributed by atoms with Crippen molar-refractivity contribution in [3.8, 4) is 0 Å². The molecule has 6 heteroatoms. The number of aliphatic carboxylic acids is 1. The molecule has 2 rings (SSSR count). The molecular formula is C13H15ClN2O3. The first-order valence-corrected chi connectivity index (χ1v) is 6.49. The lowest BCUT2D eigenvalue weighted by Gasteiger charge is -2.30. The second kappa shape index (κ2) is 5.93. The average Bonchev–Trinajstić information content (AvgIpc) is 2.41. The van der Waals surface area contributed by atoms with Gasteiger partial charge in [-0.3, -0.25) is 4.79 Å². The Balaban J connectivity index is 2.00. The average molecular weight is 283 g/mol. The number of nitrogens with zero attached hydrogens (tertiary/aromatic N) is 1. The summed E-state index contributed by atoms with van der Waals surface area (Å²) in [5.74, 6) is -1.33. The topological polar surface area (TPSA) is 69.6 Å². The molecule has 2 amide bonds. The minimum Gasteiger partial charge on any atom is -0.481 e. The molecule has 2 N–H and O–H groups in total. The number of halogens is 1. The number of nitrogens with one attached hydrogen (secondary N) is 1. The van der Waals surface area contributed by atoms with E-state index in [4.69, 9.17) is 16.7 Å². The largest absolute Gasteiger partial charge is 0.481 e. The third-order valence-corrected chi connectivity index (χ3v) is 3.50. The quantitative estimate of drug-likeness (QED) is 0.876. The lowest BCUT2D eigenvalue weighted by Crippen LogP contribution is -2.44. The number of carboxylic acid groups (broad SMARTS) is 1. The molecule has 0 aromatic heterocycles. The molecule has 1 saturated heterocycles. The molecule has 1 fully saturated rings. The number of hydrogen-bond donors (Lipinski definition) is 2. The van der Waals surface area contributed by atoms with Crippen LogP contribution in [0.1, 0.15) is 12.8 Å². The van der Waals surface area contributed by atoms with Crippen molar-refractivity contribution in [3.63, 3.8) is 0 Å². The van der Waals surface area contributed by atoms with Crippen molar-refractivity contribution >= 4 is 29.3 Å². The molecular weight excluding hydrogens is 268 g/mol. The number of hydrogen-bond acceptors (Lipinski definition) is 2. The van der Waals surface area contributed by atoms with E-state index in [-0.39, 0.29) is 12.6 Å². The molecule has 0 saturated carbocycles. The molecule has 1 aromatic carbocycles. The van der Waals surface area contributed by atoms with Crippen LogP contribution < -0.4 is 5.32 Å². The summed E-state index contributed by atoms with van der Waals surface area (Å²) >= 11 is 5.96. The zero-order valence-corrected chi connectivity index (χ0v) is 11.1. The molecule has 19 heavy (non-hydrogen) atoms. The number of benzene rings is 1. The van der Waals surface area contributed by atoms with Crippen LogP contribution >= 0.6 is 11.6 Å². The Hall–Kier alpha value is -1.75. The van der Waals surface area contributed by atoms with Gasteiger partial charge >= 0.3 is 12.0 Å². The summed E-state index contributed by atoms with van der Waals surface area (Å²) in [6.45, 7) is 0.811. The third-order valence-electron chi connectivity index (χ3n) is 3.17. The Morgan fingerprint density at radius 3 is 2.79 bits per heavy atom. The number of amides is 2. The second-order valence-corrected chi connectivity index (χ2v) is 4.94. The summed E-state index contributed by atoms with van der Waals surface area (Å²) in [5, 5.41) is 12.2. The first-order chi connectivity index (χ1) is 9.08. The van der Waals surface area contributed by atoms with Crippen LogP contribution in [0.25, 0.3) is 0 Å². The van der Waals surface area contributed by atoms with Gasteiger partial charge in [0, 0.05) is 13.1 Å². The second-order valence-electron chi connectivity index (χ2n) is 4.53. The zero-order valence-electron chi connectivity index (χ0n) is 10.3. The van der Waals surface area contributed by atoms with Crippen LogP contribution in [-0.2, 0) is 4.79 Å². The zero-order chi connectivity index (χ0) is 13.8. The van der Waals surface area contributed by atoms with Gasteiger partial charge in [-0.2, -0.15) is 0 Å². The third kappa shape index (κ3) is 3.38. The summed E-state index contributed by atoms with van der Waals surface area (Å²) in [5.41, 5.74) is 0.534. The van der Waals surface area contributed by atoms with Crippen molar-refractivity contribution in [2.24, 2.45) is 5.92 Å². The van der Waals surface area contributed by atoms with E-state index in [9.17, 15) is 9.59 Å². The van der Waals surface area contributed by atoms with Gasteiger partial charge < -0.3 is 15.3 Å². The molecule has 102 valence electrons. The van der Waals surface area contributed by atoms with E-state index in [2.05, 4.69) is 5.32 Å². The van der Waals surface area contributed by atoms with Crippen molar-refractivity contribution in [2.75, 3.05) is 18.4 Å². The molecule has 0 radical (unpaired) electrons. The molecule has 1 atom stereocenters. The fraction of sp³-hybridized carbons (Fsp3) is 0.385. The van der Waals surface area contributed by atoms with Crippen LogP contribution in [0.15, 0.2) is 24.3 Å². The van der Waals surface area contributed by atoms with Crippen LogP contribution in [0.3, 0.4) is 0 Å². The van der Waals surface area contributed by atoms with E-state index in [1.807, 2.05) is 0 Å². The standard InChI is InChI=1S/C13H15ClN2O3/c14-10-5-1-2-6-11(10)15-13(19)16-7-3-4-9(8-16)12(17)18/h1-2,5-6,9H,3-4,7-8H2,(H,15,19)(H,17,18)/t9-/m0/s1. The van der Waals surface area contributed by atoms with E-state index < -0.39 is 11.9 Å². The highest BCUT2D eigenvalue weighted by Crippen LogP contribution is 2.22. The number of piperidine rings is 1. The number of carbonyl (C=O) groups is 2. The number of para-hydroxylation sites is 1. The number of carbonyl (C=O) groups excluding carboxylic acids is 1. The Morgan fingerprint density at radius 1 is 1.37 bits per heavy atom. The maximum absolute atomic E-state index is 12.1. The molecule has 0 unspecified atom stereocenters.